The molecule has 30 nitrogen and oxygen atoms in total. The second-order valence-electron chi connectivity index (χ2n) is 21.4. The Morgan fingerprint density at radius 2 is 1.13 bits per heavy atom. The van der Waals surface area contributed by atoms with Gasteiger partial charge in [0, 0.05) is 117 Å². The monoisotopic (exact) mass is 1190 g/mol. The Hall–Kier alpha value is -7.70. The van der Waals surface area contributed by atoms with E-state index in [0.717, 1.165) is 94.6 Å². The molecule has 0 saturated carbocycles. The van der Waals surface area contributed by atoms with Gasteiger partial charge >= 0.3 is 47.9 Å². The molecule has 1 aromatic heterocycles. The fourth-order valence-electron chi connectivity index (χ4n) is 9.82. The van der Waals surface area contributed by atoms with Crippen LogP contribution in [0.15, 0.2) is 24.3 Å². The number of anilines is 4. The van der Waals surface area contributed by atoms with Crippen LogP contribution in [0.5, 0.6) is 0 Å². The topological polar surface area (TPSA) is 405 Å². The van der Waals surface area contributed by atoms with E-state index in [0.29, 0.717) is 55.8 Å². The van der Waals surface area contributed by atoms with Crippen molar-refractivity contribution in [2.24, 2.45) is 0 Å². The predicted octanol–water partition coefficient (Wildman–Crippen LogP) is 1.74. The molecule has 1 aromatic carbocycles. The highest BCUT2D eigenvalue weighted by Crippen LogP contribution is 2.22. The van der Waals surface area contributed by atoms with Crippen LogP contribution < -0.4 is 31.1 Å². The smallest absolute Gasteiger partial charge is 0.407 e. The summed E-state index contributed by atoms with van der Waals surface area (Å²) in [5.41, 5.74) is 1.49. The van der Waals surface area contributed by atoms with Gasteiger partial charge in [-0.2, -0.15) is 15.0 Å². The van der Waals surface area contributed by atoms with E-state index in [4.69, 9.17) is 15.1 Å². The average Bonchev–Trinajstić information content (AvgIpc) is 3.51. The van der Waals surface area contributed by atoms with Crippen molar-refractivity contribution in [3.8, 4) is 0 Å². The van der Waals surface area contributed by atoms with Gasteiger partial charge in [0.05, 0.1) is 19.6 Å². The van der Waals surface area contributed by atoms with Crippen molar-refractivity contribution in [1.29, 1.82) is 0 Å². The van der Waals surface area contributed by atoms with Gasteiger partial charge in [-0.1, -0.05) is 50.7 Å². The number of benzene rings is 1. The molecule has 1 unspecified atom stereocenters. The first-order chi connectivity index (χ1) is 40.0. The van der Waals surface area contributed by atoms with Crippen LogP contribution in [0.25, 0.3) is 0 Å². The van der Waals surface area contributed by atoms with Gasteiger partial charge in [0.2, 0.25) is 23.8 Å². The highest BCUT2D eigenvalue weighted by atomic mass is 16.4. The molecule has 2 fully saturated rings. The Kier molecular flexibility index (Phi) is 30.1. The van der Waals surface area contributed by atoms with Crippen molar-refractivity contribution in [3.05, 3.63) is 29.8 Å². The molecule has 2 aliphatic heterocycles. The fraction of sp³-hybridized carbons (Fsp3) is 0.667. The Balaban J connectivity index is 1.17. The van der Waals surface area contributed by atoms with Gasteiger partial charge in [0.25, 0.3) is 0 Å². The lowest BCUT2D eigenvalue weighted by molar-refractivity contribution is -0.141. The van der Waals surface area contributed by atoms with E-state index in [1.54, 1.807) is 19.6 Å². The molecular formula is C54H86N14O16. The SMILES string of the molecule is CN(C)c1nc(Nc2ccc(CC3CN(CC(=O)O)CCN(C(=O)O)CCN(CC(=O)O)CCN3CC(=O)O)cc2)nc(N2CCN(CCCCCCCCCCC(=O)NCCCC[C@H](NC(=O)N[C@@H](CCC(=O)O)C(=O)O)C(=O)O)CC2)n1. The molecule has 3 atom stereocenters. The Morgan fingerprint density at radius 3 is 1.71 bits per heavy atom. The lowest BCUT2D eigenvalue weighted by Gasteiger charge is -2.37. The molecular weight excluding hydrogens is 1100 g/mol. The number of nitrogens with zero attached hydrogens (tertiary/aromatic N) is 10. The molecule has 4 amide bonds. The Labute approximate surface area is 488 Å². The molecule has 0 spiro atoms. The maximum absolute atomic E-state index is 12.3. The molecule has 3 heterocycles. The van der Waals surface area contributed by atoms with Crippen LogP contribution in [0.4, 0.5) is 33.1 Å². The van der Waals surface area contributed by atoms with E-state index in [1.807, 2.05) is 38.4 Å². The van der Waals surface area contributed by atoms with Gasteiger partial charge in [0.15, 0.2) is 0 Å². The van der Waals surface area contributed by atoms with E-state index < -0.39 is 79.0 Å². The van der Waals surface area contributed by atoms with Crippen LogP contribution in [0.2, 0.25) is 0 Å². The lowest BCUT2D eigenvalue weighted by Crippen LogP contribution is -2.53. The third-order valence-electron chi connectivity index (χ3n) is 14.5. The molecule has 4 rings (SSSR count). The van der Waals surface area contributed by atoms with Gasteiger partial charge in [-0.25, -0.2) is 19.2 Å². The molecule has 468 valence electrons. The molecule has 0 radical (unpaired) electrons. The van der Waals surface area contributed by atoms with Crippen LogP contribution in [0.3, 0.4) is 0 Å². The van der Waals surface area contributed by atoms with Gasteiger partial charge in [-0.15, -0.1) is 0 Å². The van der Waals surface area contributed by atoms with E-state index in [9.17, 15) is 73.8 Å². The quantitative estimate of drug-likeness (QED) is 0.0438. The second-order valence-corrected chi connectivity index (χ2v) is 21.4. The number of carboxylic acids is 6. The maximum atomic E-state index is 12.3. The Morgan fingerprint density at radius 1 is 0.571 bits per heavy atom. The number of hydrogen-bond acceptors (Lipinski definition) is 19. The zero-order valence-corrected chi connectivity index (χ0v) is 48.2. The zero-order chi connectivity index (χ0) is 61.6. The number of aliphatic carboxylic acids is 6. The van der Waals surface area contributed by atoms with Crippen LogP contribution in [0, 0.1) is 0 Å². The van der Waals surface area contributed by atoms with E-state index in [2.05, 4.69) is 36.1 Å². The summed E-state index contributed by atoms with van der Waals surface area (Å²) in [5.74, 6) is -6.04. The molecule has 2 aromatic rings. The largest absolute Gasteiger partial charge is 0.481 e. The van der Waals surface area contributed by atoms with E-state index in [1.165, 1.54) is 0 Å². The van der Waals surface area contributed by atoms with Crippen molar-refractivity contribution < 1.29 is 78.9 Å². The van der Waals surface area contributed by atoms with Crippen molar-refractivity contribution in [2.45, 2.75) is 114 Å². The minimum absolute atomic E-state index is 0.00897. The van der Waals surface area contributed by atoms with Gasteiger partial charge in [-0.3, -0.25) is 43.6 Å². The number of hydrogen-bond donors (Lipinski definition) is 11. The molecule has 0 bridgehead atoms. The number of amides is 4. The predicted molar refractivity (Wildman–Crippen MR) is 307 cm³/mol. The number of nitrogens with one attached hydrogen (secondary N) is 4. The third-order valence-corrected chi connectivity index (χ3v) is 14.5. The molecule has 2 aliphatic rings. The average molecular weight is 1190 g/mol. The summed E-state index contributed by atoms with van der Waals surface area (Å²) in [6.07, 6.45) is 7.79. The minimum Gasteiger partial charge on any atom is -0.481 e. The zero-order valence-electron chi connectivity index (χ0n) is 48.2. The van der Waals surface area contributed by atoms with Crippen molar-refractivity contribution >= 4 is 77.4 Å². The number of rotatable bonds is 35. The van der Waals surface area contributed by atoms with Crippen LogP contribution in [0.1, 0.15) is 95.5 Å². The maximum Gasteiger partial charge on any atom is 0.407 e. The van der Waals surface area contributed by atoms with Crippen molar-refractivity contribution in [2.75, 3.05) is 134 Å². The van der Waals surface area contributed by atoms with Crippen molar-refractivity contribution in [3.63, 3.8) is 0 Å². The summed E-state index contributed by atoms with van der Waals surface area (Å²) in [4.78, 5) is 133. The first-order valence-electron chi connectivity index (χ1n) is 28.6. The third kappa shape index (κ3) is 27.1. The number of aromatic nitrogens is 3. The molecule has 0 aliphatic carbocycles. The van der Waals surface area contributed by atoms with Gasteiger partial charge in [0.1, 0.15) is 12.1 Å². The first kappa shape index (κ1) is 68.8. The summed E-state index contributed by atoms with van der Waals surface area (Å²) in [6, 6.07) is 3.07. The van der Waals surface area contributed by atoms with Crippen molar-refractivity contribution in [1.82, 2.24) is 55.4 Å². The summed E-state index contributed by atoms with van der Waals surface area (Å²) < 4.78 is 0. The fourth-order valence-corrected chi connectivity index (χ4v) is 9.82. The van der Waals surface area contributed by atoms with Crippen LogP contribution in [-0.2, 0) is 40.0 Å². The van der Waals surface area contributed by atoms with Gasteiger partial charge in [-0.05, 0) is 69.2 Å². The summed E-state index contributed by atoms with van der Waals surface area (Å²) >= 11 is 0. The van der Waals surface area contributed by atoms with Gasteiger partial charge < -0.3 is 71.7 Å². The van der Waals surface area contributed by atoms with E-state index >= 15 is 0 Å². The van der Waals surface area contributed by atoms with E-state index in [-0.39, 0.29) is 77.7 Å². The number of urea groups is 1. The normalized spacial score (nSPS) is 16.7. The standard InChI is InChI=1S/C54H86N14O16/c1-62(2)51-59-50(56-39-17-15-38(16-18-39)33-40-34-65(36-46(74)75)27-31-67(54(83)84)30-25-64(35-45(72)73)26-32-68(40)37-47(76)77)60-52(61-51)66-28-23-63(24-29-66)22-12-8-6-4-3-5-7-9-14-43(69)55-21-11-10-13-41(48(78)79)57-53(82)58-42(49(80)81)19-20-44(70)71/h15-18,40-42H,3-14,19-37H2,1-2H3,(H,55,69)(H,70,71)(H,72,73)(H,74,75)(H,76,77)(H,78,79)(H,80,81)(H,83,84)(H2,57,58,82)(H,56,59,60,61)/t40?,41-,42-/m0/s1. The minimum atomic E-state index is -1.49. The molecule has 2 saturated heterocycles. The summed E-state index contributed by atoms with van der Waals surface area (Å²) in [7, 11) is 3.70. The number of piperazine rings is 1. The number of carbonyl (C=O) groups is 9. The molecule has 11 N–H and O–H groups in total. The number of carboxylic acid groups (broad SMARTS) is 7. The van der Waals surface area contributed by atoms with Crippen LogP contribution >= 0.6 is 0 Å². The molecule has 84 heavy (non-hydrogen) atoms. The second kappa shape index (κ2) is 36.8. The lowest BCUT2D eigenvalue weighted by atomic mass is 10.0. The highest BCUT2D eigenvalue weighted by molar-refractivity contribution is 5.86. The number of unbranched alkanes of at least 4 members (excludes halogenated alkanes) is 8. The highest BCUT2D eigenvalue weighted by Gasteiger charge is 2.29. The number of carbonyl (C=O) groups excluding carboxylic acids is 2. The van der Waals surface area contributed by atoms with Crippen LogP contribution in [-0.4, -0.2) is 266 Å². The first-order valence-corrected chi connectivity index (χ1v) is 28.6. The summed E-state index contributed by atoms with van der Waals surface area (Å²) in [6.45, 7) is 3.82. The Bertz CT molecular complexity index is 2450. The summed E-state index contributed by atoms with van der Waals surface area (Å²) in [5, 5.41) is 77.1. The molecule has 30 heteroatoms.